The molecule has 1 aliphatic rings. The van der Waals surface area contributed by atoms with E-state index in [-0.39, 0.29) is 0 Å². The second-order valence-electron chi connectivity index (χ2n) is 5.76. The highest BCUT2D eigenvalue weighted by molar-refractivity contribution is 7.80. The molecule has 3 rings (SSSR count). The van der Waals surface area contributed by atoms with Gasteiger partial charge in [0.15, 0.2) is 5.11 Å². The van der Waals surface area contributed by atoms with Crippen LogP contribution in [0.15, 0.2) is 30.3 Å². The van der Waals surface area contributed by atoms with Crippen LogP contribution in [0.5, 0.6) is 0 Å². The summed E-state index contributed by atoms with van der Waals surface area (Å²) < 4.78 is 0. The molecule has 1 saturated carbocycles. The summed E-state index contributed by atoms with van der Waals surface area (Å²) in [5, 5.41) is 8.63. The van der Waals surface area contributed by atoms with E-state index in [0.29, 0.717) is 6.04 Å². The average molecular weight is 299 g/mol. The van der Waals surface area contributed by atoms with Crippen LogP contribution in [0.1, 0.15) is 37.8 Å². The second-order valence-corrected chi connectivity index (χ2v) is 6.17. The summed E-state index contributed by atoms with van der Waals surface area (Å²) in [6, 6.07) is 10.7. The maximum Gasteiger partial charge on any atom is 0.171 e. The number of rotatable bonds is 2. The molecule has 2 N–H and O–H groups in total. The number of anilines is 1. The van der Waals surface area contributed by atoms with Crippen molar-refractivity contribution in [2.24, 2.45) is 0 Å². The maximum atomic E-state index is 5.48. The summed E-state index contributed by atoms with van der Waals surface area (Å²) in [4.78, 5) is 4.56. The Kier molecular flexibility index (Phi) is 4.34. The van der Waals surface area contributed by atoms with Crippen molar-refractivity contribution in [1.82, 2.24) is 10.3 Å². The van der Waals surface area contributed by atoms with E-state index in [9.17, 15) is 0 Å². The smallest absolute Gasteiger partial charge is 0.171 e. The Hall–Kier alpha value is -1.68. The third-order valence-corrected chi connectivity index (χ3v) is 4.25. The Morgan fingerprint density at radius 3 is 2.76 bits per heavy atom. The fourth-order valence-electron chi connectivity index (χ4n) is 3.00. The largest absolute Gasteiger partial charge is 0.360 e. The van der Waals surface area contributed by atoms with Gasteiger partial charge in [-0.3, -0.25) is 4.98 Å². The first-order chi connectivity index (χ1) is 10.2. The molecule has 0 spiro atoms. The van der Waals surface area contributed by atoms with Crippen molar-refractivity contribution in [3.63, 3.8) is 0 Å². The number of pyridine rings is 1. The molecular formula is C17H21N3S. The average Bonchev–Trinajstić information content (AvgIpc) is 2.48. The molecule has 1 aliphatic carbocycles. The molecule has 2 aromatic rings. The van der Waals surface area contributed by atoms with Gasteiger partial charge >= 0.3 is 0 Å². The van der Waals surface area contributed by atoms with Crippen LogP contribution in [0, 0.1) is 6.92 Å². The van der Waals surface area contributed by atoms with E-state index in [1.165, 1.54) is 32.1 Å². The molecule has 1 heterocycles. The van der Waals surface area contributed by atoms with Gasteiger partial charge in [0.05, 0.1) is 11.2 Å². The van der Waals surface area contributed by atoms with E-state index < -0.39 is 0 Å². The molecule has 0 atom stereocenters. The second kappa shape index (κ2) is 6.39. The molecule has 4 heteroatoms. The highest BCUT2D eigenvalue weighted by Gasteiger charge is 2.14. The van der Waals surface area contributed by atoms with Gasteiger partial charge in [-0.1, -0.05) is 37.5 Å². The lowest BCUT2D eigenvalue weighted by molar-refractivity contribution is 0.415. The van der Waals surface area contributed by atoms with Crippen molar-refractivity contribution in [1.29, 1.82) is 0 Å². The quantitative estimate of drug-likeness (QED) is 0.816. The van der Waals surface area contributed by atoms with Gasteiger partial charge in [0, 0.05) is 17.1 Å². The summed E-state index contributed by atoms with van der Waals surface area (Å²) >= 11 is 5.48. The van der Waals surface area contributed by atoms with Gasteiger partial charge in [0.2, 0.25) is 0 Å². The number of para-hydroxylation sites is 1. The van der Waals surface area contributed by atoms with Crippen LogP contribution in [0.4, 0.5) is 5.69 Å². The van der Waals surface area contributed by atoms with E-state index in [1.807, 2.05) is 25.1 Å². The number of fused-ring (bicyclic) bond motifs is 1. The van der Waals surface area contributed by atoms with Crippen LogP contribution in [0.25, 0.3) is 10.9 Å². The number of thiocarbonyl (C=S) groups is 1. The first-order valence-corrected chi connectivity index (χ1v) is 8.07. The van der Waals surface area contributed by atoms with E-state index in [2.05, 4.69) is 27.8 Å². The molecule has 0 amide bonds. The van der Waals surface area contributed by atoms with E-state index in [1.54, 1.807) is 0 Å². The Morgan fingerprint density at radius 2 is 1.95 bits per heavy atom. The maximum absolute atomic E-state index is 5.48. The first kappa shape index (κ1) is 14.3. The summed E-state index contributed by atoms with van der Waals surface area (Å²) in [7, 11) is 0. The Labute approximate surface area is 131 Å². The fourth-order valence-corrected chi connectivity index (χ4v) is 3.28. The molecule has 1 aromatic carbocycles. The monoisotopic (exact) mass is 299 g/mol. The number of nitrogens with zero attached hydrogens (tertiary/aromatic N) is 1. The van der Waals surface area contributed by atoms with Gasteiger partial charge < -0.3 is 10.6 Å². The summed E-state index contributed by atoms with van der Waals surface area (Å²) in [6.07, 6.45) is 6.40. The Bertz CT molecular complexity index is 648. The Morgan fingerprint density at radius 1 is 1.19 bits per heavy atom. The molecule has 1 aromatic heterocycles. The molecule has 110 valence electrons. The topological polar surface area (TPSA) is 37.0 Å². The van der Waals surface area contributed by atoms with Gasteiger partial charge in [0.1, 0.15) is 0 Å². The lowest BCUT2D eigenvalue weighted by Gasteiger charge is -2.24. The predicted octanol–water partition coefficient (Wildman–Crippen LogP) is 4.16. The zero-order valence-electron chi connectivity index (χ0n) is 12.4. The standard InChI is InChI=1S/C17H21N3S/c1-12-11-16(14-9-5-6-10-15(14)18-12)20-17(21)19-13-7-3-2-4-8-13/h5-6,9-11,13H,2-4,7-8H2,1H3,(H2,18,19,20,21). The predicted molar refractivity (Wildman–Crippen MR) is 92.7 cm³/mol. The summed E-state index contributed by atoms with van der Waals surface area (Å²) in [5.41, 5.74) is 3.03. The molecular weight excluding hydrogens is 278 g/mol. The van der Waals surface area contributed by atoms with E-state index in [4.69, 9.17) is 12.2 Å². The van der Waals surface area contributed by atoms with Gasteiger partial charge in [-0.05, 0) is 44.1 Å². The minimum atomic E-state index is 0.521. The van der Waals surface area contributed by atoms with Crippen LogP contribution in [-0.4, -0.2) is 16.1 Å². The molecule has 21 heavy (non-hydrogen) atoms. The lowest BCUT2D eigenvalue weighted by Crippen LogP contribution is -2.38. The minimum Gasteiger partial charge on any atom is -0.360 e. The number of hydrogen-bond donors (Lipinski definition) is 2. The minimum absolute atomic E-state index is 0.521. The van der Waals surface area contributed by atoms with Gasteiger partial charge in [-0.25, -0.2) is 0 Å². The van der Waals surface area contributed by atoms with Crippen LogP contribution in [0.3, 0.4) is 0 Å². The van der Waals surface area contributed by atoms with Crippen molar-refractivity contribution in [2.45, 2.75) is 45.1 Å². The number of hydrogen-bond acceptors (Lipinski definition) is 2. The normalized spacial score (nSPS) is 15.9. The first-order valence-electron chi connectivity index (χ1n) is 7.66. The van der Waals surface area contributed by atoms with Gasteiger partial charge in [0.25, 0.3) is 0 Å². The van der Waals surface area contributed by atoms with Crippen molar-refractivity contribution in [2.75, 3.05) is 5.32 Å². The van der Waals surface area contributed by atoms with Crippen molar-refractivity contribution >= 4 is 33.9 Å². The van der Waals surface area contributed by atoms with Crippen LogP contribution < -0.4 is 10.6 Å². The van der Waals surface area contributed by atoms with Crippen LogP contribution >= 0.6 is 12.2 Å². The molecule has 0 aliphatic heterocycles. The van der Waals surface area contributed by atoms with Crippen LogP contribution in [0.2, 0.25) is 0 Å². The van der Waals surface area contributed by atoms with Gasteiger partial charge in [-0.2, -0.15) is 0 Å². The van der Waals surface area contributed by atoms with E-state index in [0.717, 1.165) is 27.4 Å². The molecule has 1 fully saturated rings. The van der Waals surface area contributed by atoms with Crippen molar-refractivity contribution < 1.29 is 0 Å². The fraction of sp³-hybridized carbons (Fsp3) is 0.412. The van der Waals surface area contributed by atoms with Crippen molar-refractivity contribution in [3.05, 3.63) is 36.0 Å². The molecule has 0 unspecified atom stereocenters. The number of nitrogens with one attached hydrogen (secondary N) is 2. The highest BCUT2D eigenvalue weighted by Crippen LogP contribution is 2.23. The summed E-state index contributed by atoms with van der Waals surface area (Å²) in [6.45, 7) is 2.01. The lowest BCUT2D eigenvalue weighted by atomic mass is 9.96. The number of aromatic nitrogens is 1. The molecule has 0 saturated heterocycles. The SMILES string of the molecule is Cc1cc(NC(=S)NC2CCCCC2)c2ccccc2n1. The molecule has 3 nitrogen and oxygen atoms in total. The number of aryl methyl sites for hydroxylation is 1. The molecule has 0 bridgehead atoms. The third-order valence-electron chi connectivity index (χ3n) is 4.03. The number of benzene rings is 1. The molecule has 0 radical (unpaired) electrons. The van der Waals surface area contributed by atoms with E-state index >= 15 is 0 Å². The third kappa shape index (κ3) is 3.50. The summed E-state index contributed by atoms with van der Waals surface area (Å²) in [5.74, 6) is 0. The zero-order valence-corrected chi connectivity index (χ0v) is 13.2. The zero-order chi connectivity index (χ0) is 14.7. The highest BCUT2D eigenvalue weighted by atomic mass is 32.1. The van der Waals surface area contributed by atoms with Gasteiger partial charge in [-0.15, -0.1) is 0 Å². The Balaban J connectivity index is 1.76. The van der Waals surface area contributed by atoms with Crippen LogP contribution in [-0.2, 0) is 0 Å². The van der Waals surface area contributed by atoms with Crippen molar-refractivity contribution in [3.8, 4) is 0 Å².